The smallest absolute Gasteiger partial charge is 0.339 e. The fourth-order valence-corrected chi connectivity index (χ4v) is 4.49. The van der Waals surface area contributed by atoms with Crippen LogP contribution in [0.25, 0.3) is 10.9 Å². The van der Waals surface area contributed by atoms with Gasteiger partial charge in [-0.25, -0.2) is 4.79 Å². The Morgan fingerprint density at radius 3 is 2.55 bits per heavy atom. The summed E-state index contributed by atoms with van der Waals surface area (Å²) in [4.78, 5) is 37.1. The van der Waals surface area contributed by atoms with Gasteiger partial charge >= 0.3 is 5.97 Å². The number of carbonyl (C=O) groups is 2. The molecule has 2 aliphatic heterocycles. The quantitative estimate of drug-likeness (QED) is 0.687. The fraction of sp³-hybridized carbons (Fsp3) is 0.542. The number of pyridine rings is 1. The number of piperazine rings is 1. The van der Waals surface area contributed by atoms with E-state index in [1.807, 2.05) is 24.3 Å². The van der Waals surface area contributed by atoms with Gasteiger partial charge in [0.2, 0.25) is 0 Å². The standard InChI is InChI=1S/C24H32N4O3/c1-4-26-11-13-27(14-12-26)22(29)16-31-24(30)23-18-7-5-6-8-20(18)25-21-9-10-28(17(2)3)15-19(21)23/h5-8,17H,4,9-16H2,1-3H3. The molecule has 0 unspecified atom stereocenters. The van der Waals surface area contributed by atoms with Crippen LogP contribution in [0.5, 0.6) is 0 Å². The maximum atomic E-state index is 13.2. The summed E-state index contributed by atoms with van der Waals surface area (Å²) < 4.78 is 5.58. The van der Waals surface area contributed by atoms with Crippen LogP contribution < -0.4 is 0 Å². The number of rotatable bonds is 5. The molecule has 166 valence electrons. The van der Waals surface area contributed by atoms with Crippen molar-refractivity contribution in [2.45, 2.75) is 39.8 Å². The molecular formula is C24H32N4O3. The molecule has 7 heteroatoms. The minimum atomic E-state index is -0.430. The topological polar surface area (TPSA) is 66.0 Å². The molecule has 0 radical (unpaired) electrons. The summed E-state index contributed by atoms with van der Waals surface area (Å²) in [5.41, 5.74) is 3.26. The van der Waals surface area contributed by atoms with E-state index in [0.717, 1.165) is 54.8 Å². The third-order valence-corrected chi connectivity index (χ3v) is 6.51. The molecule has 1 fully saturated rings. The highest BCUT2D eigenvalue weighted by Gasteiger charge is 2.28. The first-order valence-electron chi connectivity index (χ1n) is 11.3. The van der Waals surface area contributed by atoms with Crippen molar-refractivity contribution < 1.29 is 14.3 Å². The molecule has 31 heavy (non-hydrogen) atoms. The third-order valence-electron chi connectivity index (χ3n) is 6.51. The fourth-order valence-electron chi connectivity index (χ4n) is 4.49. The normalized spacial score (nSPS) is 17.7. The summed E-state index contributed by atoms with van der Waals surface area (Å²) in [5, 5.41) is 0.792. The van der Waals surface area contributed by atoms with Gasteiger partial charge < -0.3 is 14.5 Å². The number of amides is 1. The molecule has 0 atom stereocenters. The van der Waals surface area contributed by atoms with E-state index in [4.69, 9.17) is 9.72 Å². The van der Waals surface area contributed by atoms with Gasteiger partial charge in [0.05, 0.1) is 11.1 Å². The van der Waals surface area contributed by atoms with Gasteiger partial charge in [-0.1, -0.05) is 25.1 Å². The lowest BCUT2D eigenvalue weighted by molar-refractivity contribution is -0.136. The predicted molar refractivity (Wildman–Crippen MR) is 120 cm³/mol. The van der Waals surface area contributed by atoms with Crippen LogP contribution in [0.4, 0.5) is 0 Å². The van der Waals surface area contributed by atoms with Gasteiger partial charge in [0.1, 0.15) is 0 Å². The highest BCUT2D eigenvalue weighted by atomic mass is 16.5. The zero-order chi connectivity index (χ0) is 22.0. The number of ether oxygens (including phenoxy) is 1. The molecule has 1 saturated heterocycles. The number of carbonyl (C=O) groups excluding carboxylic acids is 2. The molecule has 1 amide bonds. The first-order valence-corrected chi connectivity index (χ1v) is 11.3. The number of esters is 1. The van der Waals surface area contributed by atoms with E-state index in [1.165, 1.54) is 0 Å². The summed E-state index contributed by atoms with van der Waals surface area (Å²) in [6.07, 6.45) is 0.805. The summed E-state index contributed by atoms with van der Waals surface area (Å²) in [7, 11) is 0. The second-order valence-electron chi connectivity index (χ2n) is 8.63. The van der Waals surface area contributed by atoms with Crippen LogP contribution in [-0.2, 0) is 22.5 Å². The van der Waals surface area contributed by atoms with Crippen LogP contribution in [0.2, 0.25) is 0 Å². The molecule has 2 aromatic rings. The lowest BCUT2D eigenvalue weighted by Crippen LogP contribution is -2.49. The van der Waals surface area contributed by atoms with E-state index in [1.54, 1.807) is 4.90 Å². The van der Waals surface area contributed by atoms with Gasteiger partial charge in [-0.3, -0.25) is 14.7 Å². The second kappa shape index (κ2) is 9.32. The van der Waals surface area contributed by atoms with E-state index in [-0.39, 0.29) is 12.5 Å². The van der Waals surface area contributed by atoms with E-state index in [9.17, 15) is 9.59 Å². The molecule has 0 saturated carbocycles. The lowest BCUT2D eigenvalue weighted by atomic mass is 9.95. The molecule has 1 aromatic heterocycles. The molecule has 2 aliphatic rings. The molecule has 1 aromatic carbocycles. The zero-order valence-electron chi connectivity index (χ0n) is 18.8. The Hall–Kier alpha value is -2.51. The van der Waals surface area contributed by atoms with E-state index < -0.39 is 5.97 Å². The van der Waals surface area contributed by atoms with Gasteiger partial charge in [0.25, 0.3) is 5.91 Å². The van der Waals surface area contributed by atoms with Crippen LogP contribution in [-0.4, -0.2) is 83.5 Å². The van der Waals surface area contributed by atoms with Crippen LogP contribution in [0.1, 0.15) is 42.4 Å². The molecule has 7 nitrogen and oxygen atoms in total. The lowest BCUT2D eigenvalue weighted by Gasteiger charge is -2.34. The van der Waals surface area contributed by atoms with Crippen molar-refractivity contribution in [3.63, 3.8) is 0 Å². The number of hydrogen-bond donors (Lipinski definition) is 0. The second-order valence-corrected chi connectivity index (χ2v) is 8.63. The van der Waals surface area contributed by atoms with E-state index in [0.29, 0.717) is 31.2 Å². The van der Waals surface area contributed by atoms with Crippen LogP contribution in [0, 0.1) is 0 Å². The average Bonchev–Trinajstić information content (AvgIpc) is 2.80. The number of hydrogen-bond acceptors (Lipinski definition) is 6. The van der Waals surface area contributed by atoms with Gasteiger partial charge in [0.15, 0.2) is 6.61 Å². The number of para-hydroxylation sites is 1. The predicted octanol–water partition coefficient (Wildman–Crippen LogP) is 2.32. The van der Waals surface area contributed by atoms with Crippen LogP contribution in [0.15, 0.2) is 24.3 Å². The van der Waals surface area contributed by atoms with Gasteiger partial charge in [-0.15, -0.1) is 0 Å². The molecular weight excluding hydrogens is 392 g/mol. The Balaban J connectivity index is 1.55. The number of fused-ring (bicyclic) bond motifs is 2. The van der Waals surface area contributed by atoms with Crippen molar-refractivity contribution in [2.24, 2.45) is 0 Å². The van der Waals surface area contributed by atoms with Crippen molar-refractivity contribution >= 4 is 22.8 Å². The largest absolute Gasteiger partial charge is 0.452 e. The summed E-state index contributed by atoms with van der Waals surface area (Å²) >= 11 is 0. The SMILES string of the molecule is CCN1CCN(C(=O)COC(=O)c2c3c(nc4ccccc24)CCN(C(C)C)C3)CC1. The number of nitrogens with zero attached hydrogens (tertiary/aromatic N) is 4. The van der Waals surface area contributed by atoms with Gasteiger partial charge in [-0.05, 0) is 26.5 Å². The molecule has 0 spiro atoms. The monoisotopic (exact) mass is 424 g/mol. The summed E-state index contributed by atoms with van der Waals surface area (Å²) in [6.45, 7) is 11.9. The van der Waals surface area contributed by atoms with E-state index in [2.05, 4.69) is 30.6 Å². The molecule has 0 bridgehead atoms. The van der Waals surface area contributed by atoms with Crippen molar-refractivity contribution in [1.82, 2.24) is 19.7 Å². The van der Waals surface area contributed by atoms with Crippen LogP contribution >= 0.6 is 0 Å². The Kier molecular flexibility index (Phi) is 6.53. The van der Waals surface area contributed by atoms with Gasteiger partial charge in [-0.2, -0.15) is 0 Å². The summed E-state index contributed by atoms with van der Waals surface area (Å²) in [6, 6.07) is 8.07. The first kappa shape index (κ1) is 21.7. The Bertz CT molecular complexity index is 967. The maximum Gasteiger partial charge on any atom is 0.339 e. The first-order chi connectivity index (χ1) is 15.0. The average molecular weight is 425 g/mol. The Labute approximate surface area is 184 Å². The minimum absolute atomic E-state index is 0.125. The highest BCUT2D eigenvalue weighted by molar-refractivity contribution is 6.05. The van der Waals surface area contributed by atoms with Crippen molar-refractivity contribution in [3.8, 4) is 0 Å². The van der Waals surface area contributed by atoms with Crippen molar-refractivity contribution in [3.05, 3.63) is 41.1 Å². The summed E-state index contributed by atoms with van der Waals surface area (Å²) in [5.74, 6) is -0.555. The Morgan fingerprint density at radius 1 is 1.10 bits per heavy atom. The third kappa shape index (κ3) is 4.57. The maximum absolute atomic E-state index is 13.2. The van der Waals surface area contributed by atoms with Crippen molar-refractivity contribution in [2.75, 3.05) is 45.9 Å². The molecule has 4 rings (SSSR count). The number of benzene rings is 1. The van der Waals surface area contributed by atoms with E-state index >= 15 is 0 Å². The number of aromatic nitrogens is 1. The zero-order valence-corrected chi connectivity index (χ0v) is 18.8. The Morgan fingerprint density at radius 2 is 1.84 bits per heavy atom. The van der Waals surface area contributed by atoms with Crippen molar-refractivity contribution in [1.29, 1.82) is 0 Å². The van der Waals surface area contributed by atoms with Crippen LogP contribution in [0.3, 0.4) is 0 Å². The highest BCUT2D eigenvalue weighted by Crippen LogP contribution is 2.29. The molecule has 0 N–H and O–H groups in total. The molecule has 3 heterocycles. The van der Waals surface area contributed by atoms with Gasteiger partial charge in [0, 0.05) is 68.4 Å². The number of likely N-dealkylation sites (N-methyl/N-ethyl adjacent to an activating group) is 1. The minimum Gasteiger partial charge on any atom is -0.452 e. The molecule has 0 aliphatic carbocycles.